The Morgan fingerprint density at radius 1 is 1.00 bits per heavy atom. The van der Waals surface area contributed by atoms with Gasteiger partial charge in [0.2, 0.25) is 5.91 Å². The summed E-state index contributed by atoms with van der Waals surface area (Å²) in [5, 5.41) is 2.97. The maximum absolute atomic E-state index is 11.9. The number of anilines is 2. The largest absolute Gasteiger partial charge is 0.369 e. The quantitative estimate of drug-likeness (QED) is 0.771. The molecular weight excluding hydrogens is 346 g/mol. The third-order valence-electron chi connectivity index (χ3n) is 4.96. The molecule has 0 spiro atoms. The molecule has 0 unspecified atom stereocenters. The number of nitrogens with zero attached hydrogens (tertiary/aromatic N) is 2. The fraction of sp³-hybridized carbons (Fsp3) is 0.375. The number of piperazine rings is 1. The first-order chi connectivity index (χ1) is 13.6. The zero-order valence-corrected chi connectivity index (χ0v) is 17.0. The van der Waals surface area contributed by atoms with Gasteiger partial charge < -0.3 is 10.2 Å². The SMILES string of the molecule is CC(C)CC(=O)Nc1ccc(N2CCN(C/C=C/c3ccccc3)CC2)cc1. The van der Waals surface area contributed by atoms with E-state index >= 15 is 0 Å². The molecule has 0 atom stereocenters. The Morgan fingerprint density at radius 2 is 1.68 bits per heavy atom. The number of nitrogens with one attached hydrogen (secondary N) is 1. The van der Waals surface area contributed by atoms with E-state index in [9.17, 15) is 4.79 Å². The van der Waals surface area contributed by atoms with Crippen molar-refractivity contribution in [3.8, 4) is 0 Å². The van der Waals surface area contributed by atoms with Crippen molar-refractivity contribution in [2.75, 3.05) is 42.9 Å². The molecule has 0 saturated carbocycles. The van der Waals surface area contributed by atoms with Crippen molar-refractivity contribution in [3.63, 3.8) is 0 Å². The molecule has 28 heavy (non-hydrogen) atoms. The summed E-state index contributed by atoms with van der Waals surface area (Å²) in [6.07, 6.45) is 5.00. The van der Waals surface area contributed by atoms with Gasteiger partial charge in [0.1, 0.15) is 0 Å². The molecule has 1 aliphatic heterocycles. The normalized spacial score (nSPS) is 15.3. The van der Waals surface area contributed by atoms with Gasteiger partial charge in [-0.25, -0.2) is 0 Å². The Labute approximate surface area is 168 Å². The lowest BCUT2D eigenvalue weighted by atomic mass is 10.1. The van der Waals surface area contributed by atoms with Crippen molar-refractivity contribution >= 4 is 23.4 Å². The maximum Gasteiger partial charge on any atom is 0.224 e. The molecule has 1 N–H and O–H groups in total. The molecule has 4 heteroatoms. The van der Waals surface area contributed by atoms with E-state index in [-0.39, 0.29) is 5.91 Å². The van der Waals surface area contributed by atoms with Gasteiger partial charge in [0.15, 0.2) is 0 Å². The average molecular weight is 378 g/mol. The van der Waals surface area contributed by atoms with Crippen molar-refractivity contribution in [2.45, 2.75) is 20.3 Å². The van der Waals surface area contributed by atoms with E-state index in [1.807, 2.05) is 18.2 Å². The maximum atomic E-state index is 11.9. The fourth-order valence-corrected chi connectivity index (χ4v) is 3.43. The summed E-state index contributed by atoms with van der Waals surface area (Å²) in [5.41, 5.74) is 3.35. The highest BCUT2D eigenvalue weighted by atomic mass is 16.1. The highest BCUT2D eigenvalue weighted by molar-refractivity contribution is 5.91. The molecule has 0 aromatic heterocycles. The minimum Gasteiger partial charge on any atom is -0.369 e. The van der Waals surface area contributed by atoms with Crippen LogP contribution in [0.15, 0.2) is 60.7 Å². The molecule has 1 fully saturated rings. The van der Waals surface area contributed by atoms with Gasteiger partial charge in [-0.05, 0) is 35.7 Å². The molecule has 148 valence electrons. The Kier molecular flexibility index (Phi) is 7.26. The Bertz CT molecular complexity index is 760. The summed E-state index contributed by atoms with van der Waals surface area (Å²) in [6, 6.07) is 18.7. The van der Waals surface area contributed by atoms with E-state index in [0.29, 0.717) is 12.3 Å². The highest BCUT2D eigenvalue weighted by Gasteiger charge is 2.16. The second-order valence-electron chi connectivity index (χ2n) is 7.79. The minimum absolute atomic E-state index is 0.0833. The Hall–Kier alpha value is -2.59. The van der Waals surface area contributed by atoms with E-state index in [0.717, 1.165) is 38.4 Å². The number of hydrogen-bond donors (Lipinski definition) is 1. The van der Waals surface area contributed by atoms with Gasteiger partial charge in [-0.3, -0.25) is 9.69 Å². The lowest BCUT2D eigenvalue weighted by Crippen LogP contribution is -2.46. The topological polar surface area (TPSA) is 35.6 Å². The summed E-state index contributed by atoms with van der Waals surface area (Å²) in [5.74, 6) is 0.457. The second-order valence-corrected chi connectivity index (χ2v) is 7.79. The molecule has 0 aliphatic carbocycles. The second kappa shape index (κ2) is 10.1. The number of carbonyl (C=O) groups excluding carboxylic acids is 1. The Balaban J connectivity index is 1.44. The van der Waals surface area contributed by atoms with Gasteiger partial charge in [0.05, 0.1) is 0 Å². The molecule has 3 rings (SSSR count). The van der Waals surface area contributed by atoms with Crippen LogP contribution in [-0.2, 0) is 4.79 Å². The van der Waals surface area contributed by atoms with Crippen LogP contribution in [0, 0.1) is 5.92 Å². The van der Waals surface area contributed by atoms with Crippen molar-refractivity contribution in [3.05, 3.63) is 66.2 Å². The molecule has 1 aliphatic rings. The first-order valence-corrected chi connectivity index (χ1v) is 10.2. The molecule has 0 radical (unpaired) electrons. The number of carbonyl (C=O) groups is 1. The van der Waals surface area contributed by atoms with Crippen LogP contribution in [0.4, 0.5) is 11.4 Å². The summed E-state index contributed by atoms with van der Waals surface area (Å²) < 4.78 is 0. The smallest absolute Gasteiger partial charge is 0.224 e. The van der Waals surface area contributed by atoms with Crippen molar-refractivity contribution in [1.82, 2.24) is 4.90 Å². The van der Waals surface area contributed by atoms with E-state index < -0.39 is 0 Å². The number of amides is 1. The van der Waals surface area contributed by atoms with Crippen LogP contribution in [0.1, 0.15) is 25.8 Å². The van der Waals surface area contributed by atoms with E-state index in [1.165, 1.54) is 11.3 Å². The van der Waals surface area contributed by atoms with Crippen LogP contribution in [0.5, 0.6) is 0 Å². The molecular formula is C24H31N3O. The van der Waals surface area contributed by atoms with Gasteiger partial charge in [0, 0.05) is 50.5 Å². The first-order valence-electron chi connectivity index (χ1n) is 10.2. The molecule has 4 nitrogen and oxygen atoms in total. The zero-order valence-electron chi connectivity index (χ0n) is 17.0. The average Bonchev–Trinajstić information content (AvgIpc) is 2.69. The van der Waals surface area contributed by atoms with Gasteiger partial charge in [-0.15, -0.1) is 0 Å². The van der Waals surface area contributed by atoms with E-state index in [2.05, 4.69) is 77.5 Å². The monoisotopic (exact) mass is 377 g/mol. The number of hydrogen-bond acceptors (Lipinski definition) is 3. The summed E-state index contributed by atoms with van der Waals surface area (Å²) in [4.78, 5) is 16.8. The standard InChI is InChI=1S/C24H31N3O/c1-20(2)19-24(28)25-22-10-12-23(13-11-22)27-17-15-26(16-18-27)14-6-9-21-7-4-3-5-8-21/h3-13,20H,14-19H2,1-2H3,(H,25,28)/b9-6+. The molecule has 2 aromatic rings. The predicted molar refractivity (Wildman–Crippen MR) is 119 cm³/mol. The van der Waals surface area contributed by atoms with E-state index in [4.69, 9.17) is 0 Å². The van der Waals surface area contributed by atoms with Crippen molar-refractivity contribution in [2.24, 2.45) is 5.92 Å². The lowest BCUT2D eigenvalue weighted by molar-refractivity contribution is -0.116. The molecule has 1 amide bonds. The van der Waals surface area contributed by atoms with Gasteiger partial charge in [-0.2, -0.15) is 0 Å². The van der Waals surface area contributed by atoms with Gasteiger partial charge >= 0.3 is 0 Å². The van der Waals surface area contributed by atoms with Gasteiger partial charge in [-0.1, -0.05) is 56.3 Å². The predicted octanol–water partition coefficient (Wildman–Crippen LogP) is 4.51. The third kappa shape index (κ3) is 6.24. The minimum atomic E-state index is 0.0833. The zero-order chi connectivity index (χ0) is 19.8. The van der Waals surface area contributed by atoms with Crippen LogP contribution < -0.4 is 10.2 Å². The van der Waals surface area contributed by atoms with Crippen molar-refractivity contribution < 1.29 is 4.79 Å². The van der Waals surface area contributed by atoms with Crippen LogP contribution in [0.2, 0.25) is 0 Å². The van der Waals surface area contributed by atoms with Crippen LogP contribution in [0.3, 0.4) is 0 Å². The van der Waals surface area contributed by atoms with Crippen molar-refractivity contribution in [1.29, 1.82) is 0 Å². The van der Waals surface area contributed by atoms with E-state index in [1.54, 1.807) is 0 Å². The molecule has 1 saturated heterocycles. The highest BCUT2D eigenvalue weighted by Crippen LogP contribution is 2.20. The summed E-state index contributed by atoms with van der Waals surface area (Å²) in [6.45, 7) is 9.28. The van der Waals surface area contributed by atoms with Gasteiger partial charge in [0.25, 0.3) is 0 Å². The van der Waals surface area contributed by atoms with Crippen LogP contribution >= 0.6 is 0 Å². The summed E-state index contributed by atoms with van der Waals surface area (Å²) >= 11 is 0. The molecule has 0 bridgehead atoms. The van der Waals surface area contributed by atoms with Crippen LogP contribution in [0.25, 0.3) is 6.08 Å². The molecule has 2 aromatic carbocycles. The number of benzene rings is 2. The first kappa shape index (κ1) is 20.2. The summed E-state index contributed by atoms with van der Waals surface area (Å²) in [7, 11) is 0. The van der Waals surface area contributed by atoms with Crippen LogP contribution in [-0.4, -0.2) is 43.5 Å². The number of rotatable bonds is 7. The lowest BCUT2D eigenvalue weighted by Gasteiger charge is -2.35. The molecule has 1 heterocycles. The Morgan fingerprint density at radius 3 is 2.32 bits per heavy atom. The fourth-order valence-electron chi connectivity index (χ4n) is 3.43. The third-order valence-corrected chi connectivity index (χ3v) is 4.96.